The average Bonchev–Trinajstić information content (AvgIpc) is 3.17. The zero-order chi connectivity index (χ0) is 20.6. The van der Waals surface area contributed by atoms with Crippen molar-refractivity contribution in [2.45, 2.75) is 40.0 Å². The Bertz CT molecular complexity index is 1110. The summed E-state index contributed by atoms with van der Waals surface area (Å²) in [5.41, 5.74) is 8.11. The van der Waals surface area contributed by atoms with Gasteiger partial charge in [-0.3, -0.25) is 0 Å². The predicted octanol–water partition coefficient (Wildman–Crippen LogP) is 6.98. The highest BCUT2D eigenvalue weighted by Gasteiger charge is 2.14. The first-order valence-corrected chi connectivity index (χ1v) is 9.93. The standard InChI is InChI=1S/C26H26N2O/c1-17-14-18(2)16-22(15-17)25-28-27-24(29-25)21-8-6-19(7-9-21)20-10-12-23(13-11-20)26(3,4)5/h6-16H,1-5H3. The highest BCUT2D eigenvalue weighted by molar-refractivity contribution is 5.68. The number of hydrogen-bond acceptors (Lipinski definition) is 3. The van der Waals surface area contributed by atoms with Gasteiger partial charge in [-0.1, -0.05) is 74.4 Å². The second kappa shape index (κ2) is 7.32. The lowest BCUT2D eigenvalue weighted by atomic mass is 9.86. The van der Waals surface area contributed by atoms with Crippen molar-refractivity contribution in [2.75, 3.05) is 0 Å². The number of aromatic nitrogens is 2. The third kappa shape index (κ3) is 4.14. The maximum absolute atomic E-state index is 5.94. The highest BCUT2D eigenvalue weighted by Crippen LogP contribution is 2.29. The smallest absolute Gasteiger partial charge is 0.248 e. The molecule has 0 saturated heterocycles. The Morgan fingerprint density at radius 1 is 0.586 bits per heavy atom. The van der Waals surface area contributed by atoms with Gasteiger partial charge < -0.3 is 4.42 Å². The van der Waals surface area contributed by atoms with Gasteiger partial charge in [0.2, 0.25) is 11.8 Å². The Balaban J connectivity index is 1.58. The molecular formula is C26H26N2O. The van der Waals surface area contributed by atoms with E-state index in [9.17, 15) is 0 Å². The van der Waals surface area contributed by atoms with E-state index in [0.29, 0.717) is 11.8 Å². The van der Waals surface area contributed by atoms with Crippen molar-refractivity contribution in [2.24, 2.45) is 0 Å². The van der Waals surface area contributed by atoms with E-state index in [1.807, 2.05) is 12.1 Å². The van der Waals surface area contributed by atoms with E-state index >= 15 is 0 Å². The minimum atomic E-state index is 0.161. The first-order valence-electron chi connectivity index (χ1n) is 9.93. The van der Waals surface area contributed by atoms with Gasteiger partial charge in [-0.05, 0) is 60.2 Å². The van der Waals surface area contributed by atoms with Gasteiger partial charge >= 0.3 is 0 Å². The van der Waals surface area contributed by atoms with Crippen LogP contribution in [0.15, 0.2) is 71.1 Å². The summed E-state index contributed by atoms with van der Waals surface area (Å²) in [6.45, 7) is 10.8. The van der Waals surface area contributed by atoms with E-state index < -0.39 is 0 Å². The van der Waals surface area contributed by atoms with Crippen LogP contribution in [-0.4, -0.2) is 10.2 Å². The molecule has 3 aromatic carbocycles. The summed E-state index contributed by atoms with van der Waals surface area (Å²) in [7, 11) is 0. The van der Waals surface area contributed by atoms with Crippen molar-refractivity contribution in [3.05, 3.63) is 83.4 Å². The van der Waals surface area contributed by atoms with Crippen molar-refractivity contribution in [1.29, 1.82) is 0 Å². The fourth-order valence-electron chi connectivity index (χ4n) is 3.52. The maximum atomic E-state index is 5.94. The lowest BCUT2D eigenvalue weighted by Gasteiger charge is -2.19. The molecule has 1 aromatic heterocycles. The molecule has 0 fully saturated rings. The number of benzene rings is 3. The van der Waals surface area contributed by atoms with Crippen LogP contribution in [0.25, 0.3) is 34.0 Å². The van der Waals surface area contributed by atoms with Crippen LogP contribution in [0.4, 0.5) is 0 Å². The van der Waals surface area contributed by atoms with Gasteiger partial charge in [-0.2, -0.15) is 0 Å². The molecule has 0 N–H and O–H groups in total. The zero-order valence-corrected chi connectivity index (χ0v) is 17.7. The molecule has 0 saturated carbocycles. The molecule has 146 valence electrons. The van der Waals surface area contributed by atoms with Crippen molar-refractivity contribution in [3.63, 3.8) is 0 Å². The minimum Gasteiger partial charge on any atom is -0.416 e. The van der Waals surface area contributed by atoms with Crippen LogP contribution in [0, 0.1) is 13.8 Å². The van der Waals surface area contributed by atoms with Gasteiger partial charge in [0.25, 0.3) is 0 Å². The first-order chi connectivity index (χ1) is 13.8. The van der Waals surface area contributed by atoms with Gasteiger partial charge in [0.15, 0.2) is 0 Å². The van der Waals surface area contributed by atoms with Crippen LogP contribution in [0.1, 0.15) is 37.5 Å². The lowest BCUT2D eigenvalue weighted by Crippen LogP contribution is -2.10. The third-order valence-electron chi connectivity index (χ3n) is 5.11. The van der Waals surface area contributed by atoms with E-state index in [1.165, 1.54) is 27.8 Å². The van der Waals surface area contributed by atoms with E-state index in [2.05, 4.69) is 99.4 Å². The van der Waals surface area contributed by atoms with Crippen molar-refractivity contribution >= 4 is 0 Å². The van der Waals surface area contributed by atoms with Crippen LogP contribution in [0.3, 0.4) is 0 Å². The topological polar surface area (TPSA) is 38.9 Å². The monoisotopic (exact) mass is 382 g/mol. The Kier molecular flexibility index (Phi) is 4.83. The van der Waals surface area contributed by atoms with Gasteiger partial charge in [0, 0.05) is 11.1 Å². The number of aryl methyl sites for hydroxylation is 2. The van der Waals surface area contributed by atoms with E-state index in [-0.39, 0.29) is 5.41 Å². The molecular weight excluding hydrogens is 356 g/mol. The fraction of sp³-hybridized carbons (Fsp3) is 0.231. The molecule has 0 atom stereocenters. The molecule has 4 aromatic rings. The summed E-state index contributed by atoms with van der Waals surface area (Å²) >= 11 is 0. The normalized spacial score (nSPS) is 11.6. The molecule has 4 rings (SSSR count). The van der Waals surface area contributed by atoms with Crippen LogP contribution in [0.2, 0.25) is 0 Å². The average molecular weight is 383 g/mol. The summed E-state index contributed by atoms with van der Waals surface area (Å²) in [5.74, 6) is 1.09. The number of rotatable bonds is 3. The van der Waals surface area contributed by atoms with Crippen LogP contribution in [-0.2, 0) is 5.41 Å². The van der Waals surface area contributed by atoms with E-state index in [0.717, 1.165) is 11.1 Å². The molecule has 0 aliphatic carbocycles. The molecule has 29 heavy (non-hydrogen) atoms. The molecule has 0 aliphatic heterocycles. The lowest BCUT2D eigenvalue weighted by molar-refractivity contribution is 0.584. The fourth-order valence-corrected chi connectivity index (χ4v) is 3.52. The first kappa shape index (κ1) is 19.1. The summed E-state index contributed by atoms with van der Waals surface area (Å²) in [5, 5.41) is 8.49. The molecule has 3 heteroatoms. The molecule has 3 nitrogen and oxygen atoms in total. The Morgan fingerprint density at radius 3 is 1.55 bits per heavy atom. The van der Waals surface area contributed by atoms with Crippen LogP contribution >= 0.6 is 0 Å². The van der Waals surface area contributed by atoms with E-state index in [1.54, 1.807) is 0 Å². The number of nitrogens with zero attached hydrogens (tertiary/aromatic N) is 2. The highest BCUT2D eigenvalue weighted by atomic mass is 16.4. The molecule has 0 unspecified atom stereocenters. The van der Waals surface area contributed by atoms with Crippen molar-refractivity contribution < 1.29 is 4.42 Å². The molecule has 0 bridgehead atoms. The molecule has 0 amide bonds. The zero-order valence-electron chi connectivity index (χ0n) is 17.7. The molecule has 1 heterocycles. The molecule has 0 aliphatic rings. The second-order valence-electron chi connectivity index (χ2n) is 8.69. The second-order valence-corrected chi connectivity index (χ2v) is 8.69. The molecule has 0 radical (unpaired) electrons. The predicted molar refractivity (Wildman–Crippen MR) is 119 cm³/mol. The van der Waals surface area contributed by atoms with Gasteiger partial charge in [0.1, 0.15) is 0 Å². The Morgan fingerprint density at radius 2 is 1.03 bits per heavy atom. The van der Waals surface area contributed by atoms with Crippen LogP contribution in [0.5, 0.6) is 0 Å². The van der Waals surface area contributed by atoms with Crippen molar-refractivity contribution in [1.82, 2.24) is 10.2 Å². The SMILES string of the molecule is Cc1cc(C)cc(-c2nnc(-c3ccc(-c4ccc(C(C)(C)C)cc4)cc3)o2)c1. The minimum absolute atomic E-state index is 0.161. The quantitative estimate of drug-likeness (QED) is 0.383. The summed E-state index contributed by atoms with van der Waals surface area (Å²) in [6.07, 6.45) is 0. The summed E-state index contributed by atoms with van der Waals surface area (Å²) in [4.78, 5) is 0. The van der Waals surface area contributed by atoms with Crippen molar-refractivity contribution in [3.8, 4) is 34.0 Å². The van der Waals surface area contributed by atoms with E-state index in [4.69, 9.17) is 4.42 Å². The third-order valence-corrected chi connectivity index (χ3v) is 5.11. The Labute approximate surface area is 172 Å². The van der Waals surface area contributed by atoms with Gasteiger partial charge in [-0.15, -0.1) is 10.2 Å². The summed E-state index contributed by atoms with van der Waals surface area (Å²) < 4.78 is 5.94. The molecule has 0 spiro atoms. The van der Waals surface area contributed by atoms with Gasteiger partial charge in [0.05, 0.1) is 0 Å². The Hall–Kier alpha value is -3.20. The van der Waals surface area contributed by atoms with Gasteiger partial charge in [-0.25, -0.2) is 0 Å². The number of hydrogen-bond donors (Lipinski definition) is 0. The largest absolute Gasteiger partial charge is 0.416 e. The summed E-state index contributed by atoms with van der Waals surface area (Å²) in [6, 6.07) is 23.3. The maximum Gasteiger partial charge on any atom is 0.248 e. The van der Waals surface area contributed by atoms with Crippen LogP contribution < -0.4 is 0 Å².